The van der Waals surface area contributed by atoms with Crippen molar-refractivity contribution in [3.05, 3.63) is 12.7 Å². The third kappa shape index (κ3) is 2.37. The molecule has 0 atom stereocenters. The van der Waals surface area contributed by atoms with E-state index < -0.39 is 9.84 Å². The lowest BCUT2D eigenvalue weighted by Gasteiger charge is -1.80. The van der Waals surface area contributed by atoms with Crippen molar-refractivity contribution >= 4 is 9.84 Å². The molecule has 0 heterocycles. The lowest BCUT2D eigenvalue weighted by molar-refractivity contribution is 0.608. The second kappa shape index (κ2) is 2.48. The molecule has 0 aliphatic rings. The molecular weight excluding hydrogens is 126 g/mol. The van der Waals surface area contributed by atoms with Gasteiger partial charge < -0.3 is 0 Å². The van der Waals surface area contributed by atoms with Gasteiger partial charge in [0.1, 0.15) is 0 Å². The summed E-state index contributed by atoms with van der Waals surface area (Å²) in [7, 11) is -3.48. The Morgan fingerprint density at radius 3 is 2.38 bits per heavy atom. The SMILES string of the molecule is C=CCS(=O)(=O)C#N. The lowest BCUT2D eigenvalue weighted by atomic mass is 10.8. The summed E-state index contributed by atoms with van der Waals surface area (Å²) in [6, 6.07) is 0. The topological polar surface area (TPSA) is 57.9 Å². The van der Waals surface area contributed by atoms with E-state index >= 15 is 0 Å². The van der Waals surface area contributed by atoms with Crippen LogP contribution in [-0.2, 0) is 9.84 Å². The van der Waals surface area contributed by atoms with E-state index in [1.807, 2.05) is 0 Å². The van der Waals surface area contributed by atoms with Crippen LogP contribution in [0.5, 0.6) is 0 Å². The average Bonchev–Trinajstić information content (AvgIpc) is 1.67. The fourth-order valence-corrected chi connectivity index (χ4v) is 0.577. The van der Waals surface area contributed by atoms with Crippen LogP contribution in [0.2, 0.25) is 0 Å². The molecule has 0 radical (unpaired) electrons. The van der Waals surface area contributed by atoms with E-state index in [-0.39, 0.29) is 5.75 Å². The van der Waals surface area contributed by atoms with Gasteiger partial charge >= 0.3 is 0 Å². The van der Waals surface area contributed by atoms with Crippen molar-refractivity contribution < 1.29 is 8.42 Å². The Bertz CT molecular complexity index is 209. The fraction of sp³-hybridized carbons (Fsp3) is 0.250. The summed E-state index contributed by atoms with van der Waals surface area (Å²) in [5.41, 5.74) is 0. The number of sulfone groups is 1. The minimum atomic E-state index is -3.48. The van der Waals surface area contributed by atoms with E-state index in [1.165, 1.54) is 6.08 Å². The van der Waals surface area contributed by atoms with Gasteiger partial charge in [-0.3, -0.25) is 0 Å². The Kier molecular flexibility index (Phi) is 2.22. The molecule has 0 aromatic carbocycles. The number of rotatable bonds is 2. The number of hydrogen-bond donors (Lipinski definition) is 0. The van der Waals surface area contributed by atoms with Gasteiger partial charge in [-0.05, 0) is 0 Å². The Labute approximate surface area is 48.2 Å². The predicted molar refractivity (Wildman–Crippen MR) is 29.6 cm³/mol. The van der Waals surface area contributed by atoms with Crippen molar-refractivity contribution in [2.24, 2.45) is 0 Å². The highest BCUT2D eigenvalue weighted by atomic mass is 32.2. The first kappa shape index (κ1) is 7.18. The van der Waals surface area contributed by atoms with E-state index in [9.17, 15) is 8.42 Å². The van der Waals surface area contributed by atoms with Gasteiger partial charge in [0, 0.05) is 0 Å². The second-order valence-corrected chi connectivity index (χ2v) is 2.91. The highest BCUT2D eigenvalue weighted by Gasteiger charge is 2.02. The van der Waals surface area contributed by atoms with Crippen LogP contribution < -0.4 is 0 Å². The molecule has 0 aromatic rings. The van der Waals surface area contributed by atoms with E-state index in [4.69, 9.17) is 5.26 Å². The Morgan fingerprint density at radius 1 is 1.75 bits per heavy atom. The molecule has 0 rings (SSSR count). The van der Waals surface area contributed by atoms with Gasteiger partial charge in [0.2, 0.25) is 9.84 Å². The molecule has 0 saturated carbocycles. The van der Waals surface area contributed by atoms with Crippen LogP contribution >= 0.6 is 0 Å². The molecular formula is C4H5NO2S. The van der Waals surface area contributed by atoms with Crippen LogP contribution in [-0.4, -0.2) is 14.2 Å². The molecule has 0 spiro atoms. The van der Waals surface area contributed by atoms with Gasteiger partial charge in [0.15, 0.2) is 5.40 Å². The highest BCUT2D eigenvalue weighted by molar-refractivity contribution is 7.96. The third-order valence-corrected chi connectivity index (χ3v) is 1.43. The van der Waals surface area contributed by atoms with Crippen LogP contribution in [0.3, 0.4) is 0 Å². The first-order valence-corrected chi connectivity index (χ1v) is 3.52. The third-order valence-electron chi connectivity index (χ3n) is 0.476. The van der Waals surface area contributed by atoms with Crippen LogP contribution in [0.1, 0.15) is 0 Å². The summed E-state index contributed by atoms with van der Waals surface area (Å²) in [4.78, 5) is 0. The summed E-state index contributed by atoms with van der Waals surface area (Å²) in [5.74, 6) is -0.260. The van der Waals surface area contributed by atoms with Crippen molar-refractivity contribution in [3.8, 4) is 5.40 Å². The molecule has 44 valence electrons. The monoisotopic (exact) mass is 131 g/mol. The number of nitrogens with zero attached hydrogens (tertiary/aromatic N) is 1. The maximum Gasteiger partial charge on any atom is 0.244 e. The van der Waals surface area contributed by atoms with Gasteiger partial charge in [0.25, 0.3) is 0 Å². The Hall–Kier alpha value is -0.820. The second-order valence-electron chi connectivity index (χ2n) is 1.16. The molecule has 0 saturated heterocycles. The van der Waals surface area contributed by atoms with E-state index in [1.54, 1.807) is 0 Å². The molecule has 0 fully saturated rings. The molecule has 3 nitrogen and oxygen atoms in total. The van der Waals surface area contributed by atoms with Crippen LogP contribution in [0.4, 0.5) is 0 Å². The zero-order valence-corrected chi connectivity index (χ0v) is 4.98. The standard InChI is InChI=1S/C4H5NO2S/c1-2-3-8(6,7)4-5/h2H,1,3H2. The van der Waals surface area contributed by atoms with Gasteiger partial charge in [0.05, 0.1) is 5.75 Å². The first-order valence-electron chi connectivity index (χ1n) is 1.87. The van der Waals surface area contributed by atoms with Crippen molar-refractivity contribution in [2.75, 3.05) is 5.75 Å². The summed E-state index contributed by atoms with van der Waals surface area (Å²) in [5, 5.41) is 8.98. The predicted octanol–water partition coefficient (Wildman–Crippen LogP) is 0.0683. The molecule has 0 aliphatic heterocycles. The molecule has 8 heavy (non-hydrogen) atoms. The first-order chi connectivity index (χ1) is 3.62. The summed E-state index contributed by atoms with van der Waals surface area (Å²) >= 11 is 0. The van der Waals surface area contributed by atoms with Crippen LogP contribution in [0.25, 0.3) is 0 Å². The minimum Gasteiger partial charge on any atom is -0.213 e. The van der Waals surface area contributed by atoms with Crippen molar-refractivity contribution in [1.82, 2.24) is 0 Å². The maximum atomic E-state index is 10.2. The fourth-order valence-electron chi connectivity index (χ4n) is 0.192. The normalized spacial score (nSPS) is 9.88. The van der Waals surface area contributed by atoms with Crippen LogP contribution in [0, 0.1) is 10.7 Å². The quantitative estimate of drug-likeness (QED) is 0.302. The highest BCUT2D eigenvalue weighted by Crippen LogP contribution is 1.83. The van der Waals surface area contributed by atoms with Crippen molar-refractivity contribution in [2.45, 2.75) is 0 Å². The molecule has 0 unspecified atom stereocenters. The zero-order valence-electron chi connectivity index (χ0n) is 4.16. The Morgan fingerprint density at radius 2 is 2.25 bits per heavy atom. The number of thiocyanates is 1. The largest absolute Gasteiger partial charge is 0.244 e. The molecule has 0 aliphatic carbocycles. The number of nitriles is 1. The van der Waals surface area contributed by atoms with E-state index in [0.29, 0.717) is 0 Å². The average molecular weight is 131 g/mol. The lowest BCUT2D eigenvalue weighted by Crippen LogP contribution is -1.97. The van der Waals surface area contributed by atoms with E-state index in [2.05, 4.69) is 6.58 Å². The van der Waals surface area contributed by atoms with Crippen LogP contribution in [0.15, 0.2) is 12.7 Å². The Balaban J connectivity index is 4.23. The maximum absolute atomic E-state index is 10.2. The molecule has 0 amide bonds. The smallest absolute Gasteiger partial charge is 0.213 e. The minimum absolute atomic E-state index is 0.260. The van der Waals surface area contributed by atoms with Crippen molar-refractivity contribution in [3.63, 3.8) is 0 Å². The summed E-state index contributed by atoms with van der Waals surface area (Å²) in [6.07, 6.45) is 1.18. The summed E-state index contributed by atoms with van der Waals surface area (Å²) in [6.45, 7) is 3.16. The van der Waals surface area contributed by atoms with Gasteiger partial charge in [-0.1, -0.05) is 6.08 Å². The van der Waals surface area contributed by atoms with Gasteiger partial charge in [-0.2, -0.15) is 5.26 Å². The summed E-state index contributed by atoms with van der Waals surface area (Å²) < 4.78 is 20.3. The molecule has 4 heteroatoms. The van der Waals surface area contributed by atoms with Crippen molar-refractivity contribution in [1.29, 1.82) is 5.26 Å². The molecule has 0 aromatic heterocycles. The van der Waals surface area contributed by atoms with Gasteiger partial charge in [-0.25, -0.2) is 8.42 Å². The van der Waals surface area contributed by atoms with E-state index in [0.717, 1.165) is 5.40 Å². The zero-order chi connectivity index (χ0) is 6.62. The number of hydrogen-bond acceptors (Lipinski definition) is 3. The molecule has 0 bridgehead atoms. The van der Waals surface area contributed by atoms with Gasteiger partial charge in [-0.15, -0.1) is 6.58 Å². The molecule has 0 N–H and O–H groups in total.